The number of alkyl halides is 6. The Morgan fingerprint density at radius 1 is 1.20 bits per heavy atom. The van der Waals surface area contributed by atoms with Crippen LogP contribution in [0.3, 0.4) is 0 Å². The van der Waals surface area contributed by atoms with E-state index in [0.717, 1.165) is 4.90 Å². The second-order valence-corrected chi connectivity index (χ2v) is 6.22. The SMILES string of the molecule is Cc1ccc(-c2[nH]ncc2CN2CCC(C(F)(F)F)(C(F)(F)F)C2)o1. The molecule has 10 heteroatoms. The Morgan fingerprint density at radius 3 is 2.40 bits per heavy atom. The van der Waals surface area contributed by atoms with E-state index in [9.17, 15) is 26.3 Å². The number of rotatable bonds is 3. The van der Waals surface area contributed by atoms with E-state index in [1.807, 2.05) is 0 Å². The van der Waals surface area contributed by atoms with Crippen LogP contribution < -0.4 is 0 Å². The van der Waals surface area contributed by atoms with Crippen molar-refractivity contribution in [3.63, 3.8) is 0 Å². The molecule has 1 saturated heterocycles. The minimum Gasteiger partial charge on any atom is -0.460 e. The molecule has 1 aliphatic heterocycles. The predicted octanol–water partition coefficient (Wildman–Crippen LogP) is 4.29. The second kappa shape index (κ2) is 5.79. The van der Waals surface area contributed by atoms with Crippen molar-refractivity contribution >= 4 is 0 Å². The van der Waals surface area contributed by atoms with E-state index in [4.69, 9.17) is 4.42 Å². The van der Waals surface area contributed by atoms with Gasteiger partial charge in [-0.25, -0.2) is 0 Å². The largest absolute Gasteiger partial charge is 0.460 e. The predicted molar refractivity (Wildman–Crippen MR) is 75.5 cm³/mol. The summed E-state index contributed by atoms with van der Waals surface area (Å²) in [6.07, 6.45) is -10.3. The zero-order chi connectivity index (χ0) is 18.5. The summed E-state index contributed by atoms with van der Waals surface area (Å²) >= 11 is 0. The Kier molecular flexibility index (Phi) is 4.13. The van der Waals surface area contributed by atoms with Gasteiger partial charge in [-0.2, -0.15) is 31.4 Å². The molecule has 3 rings (SSSR count). The topological polar surface area (TPSA) is 45.1 Å². The summed E-state index contributed by atoms with van der Waals surface area (Å²) in [5, 5.41) is 6.50. The van der Waals surface area contributed by atoms with Gasteiger partial charge in [0.15, 0.2) is 11.2 Å². The van der Waals surface area contributed by atoms with Crippen LogP contribution in [-0.4, -0.2) is 40.5 Å². The molecule has 25 heavy (non-hydrogen) atoms. The van der Waals surface area contributed by atoms with Crippen molar-refractivity contribution in [2.75, 3.05) is 13.1 Å². The van der Waals surface area contributed by atoms with Gasteiger partial charge in [-0.05, 0) is 32.0 Å². The molecule has 0 aliphatic carbocycles. The maximum atomic E-state index is 13.1. The highest BCUT2D eigenvalue weighted by Gasteiger charge is 2.72. The van der Waals surface area contributed by atoms with Crippen molar-refractivity contribution in [2.24, 2.45) is 5.41 Å². The number of aromatic amines is 1. The molecular weight excluding hydrogens is 352 g/mol. The van der Waals surface area contributed by atoms with Gasteiger partial charge in [-0.15, -0.1) is 0 Å². The highest BCUT2D eigenvalue weighted by molar-refractivity contribution is 5.56. The van der Waals surface area contributed by atoms with Crippen LogP contribution in [0.25, 0.3) is 11.5 Å². The fourth-order valence-corrected chi connectivity index (χ4v) is 3.10. The van der Waals surface area contributed by atoms with Gasteiger partial charge < -0.3 is 4.42 Å². The minimum atomic E-state index is -5.35. The summed E-state index contributed by atoms with van der Waals surface area (Å²) < 4.78 is 84.2. The third kappa shape index (κ3) is 3.03. The molecular formula is C15H15F6N3O. The molecule has 1 N–H and O–H groups in total. The minimum absolute atomic E-state index is 0.0838. The molecule has 2 aromatic heterocycles. The van der Waals surface area contributed by atoms with Crippen LogP contribution >= 0.6 is 0 Å². The number of aryl methyl sites for hydroxylation is 1. The third-order valence-corrected chi connectivity index (χ3v) is 4.53. The smallest absolute Gasteiger partial charge is 0.404 e. The Bertz CT molecular complexity index is 731. The van der Waals surface area contributed by atoms with Crippen molar-refractivity contribution in [3.8, 4) is 11.5 Å². The number of nitrogens with zero attached hydrogens (tertiary/aromatic N) is 2. The zero-order valence-electron chi connectivity index (χ0n) is 13.1. The lowest BCUT2D eigenvalue weighted by molar-refractivity contribution is -0.335. The molecule has 138 valence electrons. The number of aromatic nitrogens is 2. The number of halogens is 6. The summed E-state index contributed by atoms with van der Waals surface area (Å²) in [4.78, 5) is 1.14. The zero-order valence-corrected chi connectivity index (χ0v) is 13.1. The summed E-state index contributed by atoms with van der Waals surface area (Å²) in [5.74, 6) is 1.06. The summed E-state index contributed by atoms with van der Waals surface area (Å²) in [7, 11) is 0. The first-order chi connectivity index (χ1) is 11.5. The van der Waals surface area contributed by atoms with E-state index >= 15 is 0 Å². The number of nitrogens with one attached hydrogen (secondary N) is 1. The van der Waals surface area contributed by atoms with Crippen LogP contribution in [0.1, 0.15) is 17.7 Å². The molecule has 1 fully saturated rings. The highest BCUT2D eigenvalue weighted by atomic mass is 19.4. The van der Waals surface area contributed by atoms with E-state index in [-0.39, 0.29) is 13.1 Å². The quantitative estimate of drug-likeness (QED) is 0.823. The van der Waals surface area contributed by atoms with E-state index in [2.05, 4.69) is 10.2 Å². The maximum Gasteiger partial charge on any atom is 0.404 e. The van der Waals surface area contributed by atoms with Gasteiger partial charge in [0, 0.05) is 18.7 Å². The van der Waals surface area contributed by atoms with Crippen molar-refractivity contribution in [3.05, 3.63) is 29.7 Å². The number of hydrogen-bond donors (Lipinski definition) is 1. The van der Waals surface area contributed by atoms with E-state index in [1.165, 1.54) is 6.20 Å². The summed E-state index contributed by atoms with van der Waals surface area (Å²) in [5.41, 5.74) is -2.76. The van der Waals surface area contributed by atoms with Crippen LogP contribution in [0.4, 0.5) is 26.3 Å². The molecule has 0 spiro atoms. The Morgan fingerprint density at radius 2 is 1.88 bits per heavy atom. The van der Waals surface area contributed by atoms with E-state index < -0.39 is 30.7 Å². The fourth-order valence-electron chi connectivity index (χ4n) is 3.10. The average molecular weight is 367 g/mol. The molecule has 3 heterocycles. The molecule has 0 unspecified atom stereocenters. The lowest BCUT2D eigenvalue weighted by Gasteiger charge is -2.33. The molecule has 0 saturated carbocycles. The standard InChI is InChI=1S/C15H15F6N3O/c1-9-2-3-11(25-9)12-10(6-22-23-12)7-24-5-4-13(8-24,14(16,17)18)15(19,20)21/h2-3,6H,4-5,7-8H2,1H3,(H,22,23). The van der Waals surface area contributed by atoms with Gasteiger partial charge >= 0.3 is 12.4 Å². The summed E-state index contributed by atoms with van der Waals surface area (Å²) in [6.45, 7) is 0.211. The Hall–Kier alpha value is -1.97. The maximum absolute atomic E-state index is 13.1. The fraction of sp³-hybridized carbons (Fsp3) is 0.533. The molecule has 0 radical (unpaired) electrons. The van der Waals surface area contributed by atoms with Crippen molar-refractivity contribution < 1.29 is 30.8 Å². The summed E-state index contributed by atoms with van der Waals surface area (Å²) in [6, 6.07) is 3.36. The van der Waals surface area contributed by atoms with Crippen LogP contribution in [-0.2, 0) is 6.54 Å². The van der Waals surface area contributed by atoms with E-state index in [1.54, 1.807) is 19.1 Å². The molecule has 0 bridgehead atoms. The Balaban J connectivity index is 1.82. The number of hydrogen-bond acceptors (Lipinski definition) is 3. The molecule has 0 aromatic carbocycles. The van der Waals surface area contributed by atoms with Gasteiger partial charge in [0.05, 0.1) is 6.20 Å². The van der Waals surface area contributed by atoms with E-state index in [0.29, 0.717) is 22.8 Å². The van der Waals surface area contributed by atoms with Crippen LogP contribution in [0.15, 0.2) is 22.7 Å². The van der Waals surface area contributed by atoms with Crippen molar-refractivity contribution in [2.45, 2.75) is 32.2 Å². The normalized spacial score (nSPS) is 18.8. The molecule has 0 atom stereocenters. The third-order valence-electron chi connectivity index (χ3n) is 4.53. The lowest BCUT2D eigenvalue weighted by Crippen LogP contribution is -2.51. The first kappa shape index (κ1) is 17.8. The van der Waals surface area contributed by atoms with Crippen LogP contribution in [0.2, 0.25) is 0 Å². The number of furan rings is 1. The lowest BCUT2D eigenvalue weighted by atomic mass is 9.85. The highest BCUT2D eigenvalue weighted by Crippen LogP contribution is 2.55. The van der Waals surface area contributed by atoms with Crippen molar-refractivity contribution in [1.29, 1.82) is 0 Å². The van der Waals surface area contributed by atoms with Gasteiger partial charge in [-0.3, -0.25) is 10.00 Å². The Labute approximate surface area is 138 Å². The molecule has 2 aromatic rings. The number of H-pyrrole nitrogens is 1. The van der Waals surface area contributed by atoms with Crippen LogP contribution in [0, 0.1) is 12.3 Å². The van der Waals surface area contributed by atoms with Gasteiger partial charge in [0.25, 0.3) is 0 Å². The van der Waals surface area contributed by atoms with Crippen LogP contribution in [0.5, 0.6) is 0 Å². The first-order valence-corrected chi connectivity index (χ1v) is 7.48. The van der Waals surface area contributed by atoms with Crippen molar-refractivity contribution in [1.82, 2.24) is 15.1 Å². The molecule has 4 nitrogen and oxygen atoms in total. The first-order valence-electron chi connectivity index (χ1n) is 7.48. The van der Waals surface area contributed by atoms with Gasteiger partial charge in [-0.1, -0.05) is 0 Å². The van der Waals surface area contributed by atoms with Gasteiger partial charge in [0.2, 0.25) is 0 Å². The van der Waals surface area contributed by atoms with Gasteiger partial charge in [0.1, 0.15) is 11.5 Å². The second-order valence-electron chi connectivity index (χ2n) is 6.22. The molecule has 0 amide bonds. The average Bonchev–Trinajstić information content (AvgIpc) is 3.16. The number of likely N-dealkylation sites (tertiary alicyclic amines) is 1. The molecule has 1 aliphatic rings. The monoisotopic (exact) mass is 367 g/mol.